The van der Waals surface area contributed by atoms with Gasteiger partial charge in [-0.05, 0) is 51.4 Å². The van der Waals surface area contributed by atoms with Gasteiger partial charge in [-0.2, -0.15) is 0 Å². The summed E-state index contributed by atoms with van der Waals surface area (Å²) in [6.07, 6.45) is 22.8. The van der Waals surface area contributed by atoms with Crippen LogP contribution < -0.4 is 0 Å². The molecule has 0 radical (unpaired) electrons. The average molecular weight is 433 g/mol. The van der Waals surface area contributed by atoms with E-state index in [1.54, 1.807) is 0 Å². The number of rotatable bonds is 18. The van der Waals surface area contributed by atoms with E-state index < -0.39 is 12.9 Å². The van der Waals surface area contributed by atoms with E-state index in [-0.39, 0.29) is 13.0 Å². The third-order valence-electron chi connectivity index (χ3n) is 5.03. The lowest BCUT2D eigenvalue weighted by Gasteiger charge is -2.35. The van der Waals surface area contributed by atoms with Crippen LogP contribution in [0.3, 0.4) is 0 Å². The number of hydrogen-bond donors (Lipinski definition) is 3. The molecule has 5 nitrogen and oxygen atoms in total. The van der Waals surface area contributed by atoms with Gasteiger partial charge in [-0.25, -0.2) is 0 Å². The molecule has 172 valence electrons. The third kappa shape index (κ3) is 16.0. The normalized spacial score (nSPS) is 15.4. The summed E-state index contributed by atoms with van der Waals surface area (Å²) in [6.45, 7) is 2.27. The fraction of sp³-hybridized carbons (Fsp3) is 0.826. The Labute approximate surface area is 179 Å². The van der Waals surface area contributed by atoms with Gasteiger partial charge < -0.3 is 19.4 Å². The molecule has 0 bridgehead atoms. The van der Waals surface area contributed by atoms with E-state index in [1.807, 2.05) is 27.2 Å². The Bertz CT molecular complexity index is 507. The summed E-state index contributed by atoms with van der Waals surface area (Å²) in [5, 5.41) is 8.52. The number of aliphatic hydroxyl groups is 1. The van der Waals surface area contributed by atoms with E-state index in [4.69, 9.17) is 0 Å². The van der Waals surface area contributed by atoms with Crippen molar-refractivity contribution in [3.63, 3.8) is 0 Å². The van der Waals surface area contributed by atoms with Crippen molar-refractivity contribution in [3.8, 4) is 0 Å². The summed E-state index contributed by atoms with van der Waals surface area (Å²) in [7, 11) is 0.878. The van der Waals surface area contributed by atoms with E-state index in [2.05, 4.69) is 25.2 Å². The molecule has 0 fully saturated rings. The zero-order chi connectivity index (χ0) is 22.2. The molecule has 0 amide bonds. The molecular weight excluding hydrogens is 385 g/mol. The van der Waals surface area contributed by atoms with Gasteiger partial charge in [0, 0.05) is 0 Å². The third-order valence-corrected chi connectivity index (χ3v) is 6.48. The molecule has 0 spiro atoms. The molecule has 0 aliphatic rings. The summed E-state index contributed by atoms with van der Waals surface area (Å²) in [6, 6.07) is 0. The molecule has 0 heterocycles. The largest absolute Gasteiger partial charge is 0.373 e. The van der Waals surface area contributed by atoms with Gasteiger partial charge in [0.15, 0.2) is 0 Å². The molecule has 0 aliphatic heterocycles. The van der Waals surface area contributed by atoms with Gasteiger partial charge in [0.25, 0.3) is 0 Å². The fourth-order valence-corrected chi connectivity index (χ4v) is 4.46. The lowest BCUT2D eigenvalue weighted by Crippen LogP contribution is -2.49. The molecule has 0 aromatic rings. The molecule has 1 unspecified atom stereocenters. The predicted octanol–water partition coefficient (Wildman–Crippen LogP) is 5.76. The minimum Gasteiger partial charge on any atom is -0.373 e. The predicted molar refractivity (Wildman–Crippen MR) is 124 cm³/mol. The van der Waals surface area contributed by atoms with Gasteiger partial charge in [-0.1, -0.05) is 63.3 Å². The molecule has 1 atom stereocenters. The molecular formula is C23H47NO4P+. The van der Waals surface area contributed by atoms with Gasteiger partial charge in [0.05, 0.1) is 21.1 Å². The highest BCUT2D eigenvalue weighted by Crippen LogP contribution is 2.52. The lowest BCUT2D eigenvalue weighted by molar-refractivity contribution is -0.875. The highest BCUT2D eigenvalue weighted by molar-refractivity contribution is 7.53. The Kier molecular flexibility index (Phi) is 15.1. The maximum atomic E-state index is 11.7. The highest BCUT2D eigenvalue weighted by atomic mass is 31.2. The van der Waals surface area contributed by atoms with Gasteiger partial charge in [0.2, 0.25) is 5.34 Å². The first-order valence-corrected chi connectivity index (χ1v) is 13.0. The standard InChI is InChI=1S/C23H46NO4P/c1-5-6-7-8-9-10-11-12-13-14-15-16-17-18-19-20-21-23(25,29(26,27)28)22-24(2,3)4/h12-13,18-19,25H,5-11,14-17,20-22H2,1-4H3,(H-,26,27,28)/p+1/b13-12-,19-18-. The van der Waals surface area contributed by atoms with Crippen LogP contribution in [0, 0.1) is 0 Å². The maximum absolute atomic E-state index is 11.7. The summed E-state index contributed by atoms with van der Waals surface area (Å²) in [4.78, 5) is 19.1. The van der Waals surface area contributed by atoms with Crippen LogP contribution in [0.5, 0.6) is 0 Å². The van der Waals surface area contributed by atoms with Gasteiger partial charge in [-0.3, -0.25) is 4.57 Å². The molecule has 0 aromatic heterocycles. The Morgan fingerprint density at radius 2 is 1.17 bits per heavy atom. The molecule has 0 saturated carbocycles. The SMILES string of the molecule is CCCCCCCC/C=C\CCCC/C=C\CCC(O)(C[N+](C)(C)C)P(=O)(O)O. The van der Waals surface area contributed by atoms with Crippen LogP contribution in [0.4, 0.5) is 0 Å². The van der Waals surface area contributed by atoms with Crippen molar-refractivity contribution >= 4 is 7.60 Å². The van der Waals surface area contributed by atoms with Crippen molar-refractivity contribution in [2.45, 2.75) is 95.7 Å². The van der Waals surface area contributed by atoms with E-state index in [0.29, 0.717) is 10.9 Å². The van der Waals surface area contributed by atoms with E-state index in [0.717, 1.165) is 25.7 Å². The molecule has 0 saturated heterocycles. The minimum absolute atomic E-state index is 0.0240. The zero-order valence-corrected chi connectivity index (χ0v) is 20.2. The monoisotopic (exact) mass is 432 g/mol. The molecule has 6 heteroatoms. The fourth-order valence-electron chi connectivity index (χ4n) is 3.43. The molecule has 3 N–H and O–H groups in total. The van der Waals surface area contributed by atoms with Crippen LogP contribution in [0.15, 0.2) is 24.3 Å². The van der Waals surface area contributed by atoms with Gasteiger partial charge >= 0.3 is 7.60 Å². The van der Waals surface area contributed by atoms with Crippen LogP contribution in [0.2, 0.25) is 0 Å². The van der Waals surface area contributed by atoms with Crippen molar-refractivity contribution in [1.82, 2.24) is 0 Å². The van der Waals surface area contributed by atoms with E-state index in [9.17, 15) is 19.5 Å². The van der Waals surface area contributed by atoms with E-state index >= 15 is 0 Å². The van der Waals surface area contributed by atoms with Gasteiger partial charge in [-0.15, -0.1) is 0 Å². The smallest absolute Gasteiger partial charge is 0.362 e. The first-order valence-electron chi connectivity index (χ1n) is 11.4. The molecule has 0 aromatic carbocycles. The number of quaternary nitrogens is 1. The summed E-state index contributed by atoms with van der Waals surface area (Å²) >= 11 is 0. The van der Waals surface area contributed by atoms with Crippen molar-refractivity contribution < 1.29 is 23.9 Å². The molecule has 29 heavy (non-hydrogen) atoms. The quantitative estimate of drug-likeness (QED) is 0.111. The Morgan fingerprint density at radius 3 is 1.62 bits per heavy atom. The second kappa shape index (κ2) is 15.4. The van der Waals surface area contributed by atoms with Crippen LogP contribution >= 0.6 is 7.60 Å². The number of likely N-dealkylation sites (N-methyl/N-ethyl adjacent to an activating group) is 1. The Balaban J connectivity index is 3.85. The Hall–Kier alpha value is -0.450. The molecule has 0 rings (SSSR count). The maximum Gasteiger partial charge on any atom is 0.362 e. The number of hydrogen-bond acceptors (Lipinski definition) is 2. The highest BCUT2D eigenvalue weighted by Gasteiger charge is 2.48. The topological polar surface area (TPSA) is 77.8 Å². The van der Waals surface area contributed by atoms with Crippen LogP contribution in [0.1, 0.15) is 90.4 Å². The van der Waals surface area contributed by atoms with Crippen molar-refractivity contribution in [2.24, 2.45) is 0 Å². The number of nitrogens with zero attached hydrogens (tertiary/aromatic N) is 1. The van der Waals surface area contributed by atoms with Crippen molar-refractivity contribution in [1.29, 1.82) is 0 Å². The first-order chi connectivity index (χ1) is 13.5. The summed E-state index contributed by atoms with van der Waals surface area (Å²) in [5.74, 6) is 0. The van der Waals surface area contributed by atoms with Crippen LogP contribution in [-0.4, -0.2) is 52.4 Å². The zero-order valence-electron chi connectivity index (χ0n) is 19.4. The van der Waals surface area contributed by atoms with E-state index in [1.165, 1.54) is 44.9 Å². The van der Waals surface area contributed by atoms with Crippen LogP contribution in [0.25, 0.3) is 0 Å². The van der Waals surface area contributed by atoms with Crippen molar-refractivity contribution in [2.75, 3.05) is 27.7 Å². The second-order valence-electron chi connectivity index (χ2n) is 9.30. The Morgan fingerprint density at radius 1 is 0.759 bits per heavy atom. The first kappa shape index (κ1) is 28.5. The van der Waals surface area contributed by atoms with Gasteiger partial charge in [0.1, 0.15) is 6.54 Å². The minimum atomic E-state index is -4.58. The average Bonchev–Trinajstić information content (AvgIpc) is 2.59. The number of allylic oxidation sites excluding steroid dienone is 4. The summed E-state index contributed by atoms with van der Waals surface area (Å²) in [5.41, 5.74) is 0. The van der Waals surface area contributed by atoms with Crippen LogP contribution in [-0.2, 0) is 4.57 Å². The molecule has 0 aliphatic carbocycles. The second-order valence-corrected chi connectivity index (χ2v) is 11.2. The lowest BCUT2D eigenvalue weighted by atomic mass is 10.1. The number of unbranched alkanes of at least 4 members (excludes halogenated alkanes) is 9. The van der Waals surface area contributed by atoms with Crippen molar-refractivity contribution in [3.05, 3.63) is 24.3 Å². The summed E-state index contributed by atoms with van der Waals surface area (Å²) < 4.78 is 12.0.